The zero-order chi connectivity index (χ0) is 34.7. The Morgan fingerprint density at radius 1 is 1.04 bits per heavy atom. The lowest BCUT2D eigenvalue weighted by Gasteiger charge is -2.36. The van der Waals surface area contributed by atoms with E-state index in [2.05, 4.69) is 15.1 Å². The van der Waals surface area contributed by atoms with Crippen LogP contribution in [0.25, 0.3) is 11.3 Å². The molecule has 1 aromatic heterocycles. The number of nitrogens with zero attached hydrogens (tertiary/aromatic N) is 6. The summed E-state index contributed by atoms with van der Waals surface area (Å²) in [5, 5.41) is 7.61. The van der Waals surface area contributed by atoms with Gasteiger partial charge in [-0.15, -0.1) is 0 Å². The zero-order valence-electron chi connectivity index (χ0n) is 28.0. The van der Waals surface area contributed by atoms with Crippen LogP contribution in [0.1, 0.15) is 54.5 Å². The van der Waals surface area contributed by atoms with Gasteiger partial charge in [0.25, 0.3) is 0 Å². The van der Waals surface area contributed by atoms with Crippen molar-refractivity contribution in [3.63, 3.8) is 0 Å². The number of rotatable bonds is 11. The lowest BCUT2D eigenvalue weighted by Crippen LogP contribution is -2.45. The minimum absolute atomic E-state index is 0.0380. The summed E-state index contributed by atoms with van der Waals surface area (Å²) in [5.74, 6) is 0.854. The molecule has 0 bridgehead atoms. The molecule has 16 heteroatoms. The molecule has 0 aliphatic carbocycles. The monoisotopic (exact) mass is 725 g/mol. The third-order valence-corrected chi connectivity index (χ3v) is 12.5. The van der Waals surface area contributed by atoms with Crippen LogP contribution in [-0.2, 0) is 63.6 Å². The van der Waals surface area contributed by atoms with Crippen molar-refractivity contribution in [3.05, 3.63) is 40.6 Å². The summed E-state index contributed by atoms with van der Waals surface area (Å²) in [7, 11) is -2.11. The highest BCUT2D eigenvalue weighted by molar-refractivity contribution is 7.85. The number of likely N-dealkylation sites (tertiary alicyclic amines) is 2. The molecular weight excluding hydrogens is 680 g/mol. The van der Waals surface area contributed by atoms with Crippen LogP contribution in [0.5, 0.6) is 0 Å². The van der Waals surface area contributed by atoms with Crippen LogP contribution >= 0.6 is 0 Å². The summed E-state index contributed by atoms with van der Waals surface area (Å²) in [6.07, 6.45) is 2.07. The number of benzene rings is 1. The number of aromatic nitrogens is 2. The van der Waals surface area contributed by atoms with E-state index in [1.54, 1.807) is 6.26 Å². The molecule has 6 rings (SSSR count). The predicted octanol–water partition coefficient (Wildman–Crippen LogP) is 2.38. The number of hydrogen-bond acceptors (Lipinski definition) is 7. The van der Waals surface area contributed by atoms with Crippen molar-refractivity contribution < 1.29 is 31.2 Å². The first-order valence-electron chi connectivity index (χ1n) is 17.2. The molecule has 1 unspecified atom stereocenters. The maximum atomic E-state index is 14.1. The third-order valence-electron chi connectivity index (χ3n) is 10.2. The number of amides is 2. The second-order valence-electron chi connectivity index (χ2n) is 13.4. The number of carbonyl (C=O) groups excluding carboxylic acids is 2. The summed E-state index contributed by atoms with van der Waals surface area (Å²) in [6, 6.07) is 4.30. The number of fused-ring (bicyclic) bond motifs is 1. The first kappa shape index (κ1) is 36.1. The molecule has 0 spiro atoms. The molecule has 2 amide bonds. The number of alkyl halides is 3. The number of carbonyl (C=O) groups is 2. The number of piperidine rings is 1. The van der Waals surface area contributed by atoms with Crippen LogP contribution in [-0.4, -0.2) is 125 Å². The van der Waals surface area contributed by atoms with Gasteiger partial charge in [0, 0.05) is 123 Å². The SMILES string of the molecule is CS(=O)N1CCc2c(c(-c3ccc(C(F)(F)F)c(CNC(=O)CN4CCS(=O)CC4)c3)nn2CCCN2CCC(N3CCCC3=O)CC2)C1. The summed E-state index contributed by atoms with van der Waals surface area (Å²) < 4.78 is 70.2. The van der Waals surface area contributed by atoms with Gasteiger partial charge in [-0.3, -0.25) is 23.4 Å². The Bertz CT molecular complexity index is 1570. The third kappa shape index (κ3) is 8.81. The van der Waals surface area contributed by atoms with E-state index < -0.39 is 33.5 Å². The fourth-order valence-corrected chi connectivity index (χ4v) is 9.29. The van der Waals surface area contributed by atoms with E-state index in [4.69, 9.17) is 5.10 Å². The van der Waals surface area contributed by atoms with Crippen LogP contribution < -0.4 is 5.32 Å². The van der Waals surface area contributed by atoms with Crippen LogP contribution in [0, 0.1) is 0 Å². The van der Waals surface area contributed by atoms with E-state index in [1.807, 2.05) is 13.9 Å². The Labute approximate surface area is 290 Å². The number of aryl methyl sites for hydroxylation is 1. The summed E-state index contributed by atoms with van der Waals surface area (Å²) in [6.45, 7) is 6.03. The largest absolute Gasteiger partial charge is 0.416 e. The van der Waals surface area contributed by atoms with Gasteiger partial charge in [0.1, 0.15) is 0 Å². The lowest BCUT2D eigenvalue weighted by atomic mass is 9.97. The fraction of sp³-hybridized carbons (Fsp3) is 0.667. The molecule has 0 radical (unpaired) electrons. The van der Waals surface area contributed by atoms with E-state index in [-0.39, 0.29) is 30.5 Å². The van der Waals surface area contributed by atoms with E-state index in [1.165, 1.54) is 12.1 Å². The first-order valence-corrected chi connectivity index (χ1v) is 20.2. The second-order valence-corrected chi connectivity index (χ2v) is 16.5. The van der Waals surface area contributed by atoms with Gasteiger partial charge >= 0.3 is 6.18 Å². The molecule has 5 heterocycles. The number of hydrogen-bond donors (Lipinski definition) is 1. The van der Waals surface area contributed by atoms with E-state index in [9.17, 15) is 31.2 Å². The van der Waals surface area contributed by atoms with Crippen molar-refractivity contribution in [2.45, 2.75) is 70.4 Å². The Morgan fingerprint density at radius 3 is 2.47 bits per heavy atom. The highest BCUT2D eigenvalue weighted by atomic mass is 32.2. The van der Waals surface area contributed by atoms with Crippen LogP contribution in [0.3, 0.4) is 0 Å². The Balaban J connectivity index is 1.16. The molecule has 3 saturated heterocycles. The maximum Gasteiger partial charge on any atom is 0.416 e. The normalized spacial score (nSPS) is 21.3. The van der Waals surface area contributed by atoms with Gasteiger partial charge in [-0.2, -0.15) is 18.3 Å². The maximum absolute atomic E-state index is 14.1. The Morgan fingerprint density at radius 2 is 1.80 bits per heavy atom. The predicted molar refractivity (Wildman–Crippen MR) is 182 cm³/mol. The standard InChI is InChI=1S/C33H46F3N7O4S2/c1-48(46)41-15-9-29-27(22-41)32(38-43(29)12-3-10-39-13-7-26(8-14-39)42-11-2-4-31(42)45)24-5-6-28(33(34,35)36)25(20-24)21-37-30(44)23-40-16-18-49(47)19-17-40/h5-6,20,26H,2-4,7-19,21-23H2,1H3,(H,37,44). The van der Waals surface area contributed by atoms with Crippen molar-refractivity contribution in [1.82, 2.24) is 34.1 Å². The molecular formula is C33H46F3N7O4S2. The van der Waals surface area contributed by atoms with Gasteiger partial charge in [0.15, 0.2) is 0 Å². The van der Waals surface area contributed by atoms with Crippen LogP contribution in [0.4, 0.5) is 13.2 Å². The van der Waals surface area contributed by atoms with Crippen molar-refractivity contribution in [3.8, 4) is 11.3 Å². The van der Waals surface area contributed by atoms with Gasteiger partial charge in [0.05, 0.1) is 28.8 Å². The van der Waals surface area contributed by atoms with Crippen molar-refractivity contribution in [2.75, 3.05) is 70.1 Å². The molecule has 49 heavy (non-hydrogen) atoms. The lowest BCUT2D eigenvalue weighted by molar-refractivity contribution is -0.138. The van der Waals surface area contributed by atoms with Gasteiger partial charge in [-0.25, -0.2) is 8.51 Å². The summed E-state index contributed by atoms with van der Waals surface area (Å²) >= 11 is 0. The molecule has 4 aliphatic rings. The minimum atomic E-state index is -4.61. The van der Waals surface area contributed by atoms with Gasteiger partial charge in [-0.05, 0) is 49.9 Å². The van der Waals surface area contributed by atoms with E-state index >= 15 is 0 Å². The highest BCUT2D eigenvalue weighted by Gasteiger charge is 2.35. The Hall–Kier alpha value is -2.66. The Kier molecular flexibility index (Phi) is 11.6. The zero-order valence-corrected chi connectivity index (χ0v) is 29.6. The molecule has 11 nitrogen and oxygen atoms in total. The molecule has 0 saturated carbocycles. The molecule has 4 aliphatic heterocycles. The number of nitrogens with one attached hydrogen (secondary N) is 1. The topological polar surface area (TPSA) is 111 Å². The van der Waals surface area contributed by atoms with Crippen molar-refractivity contribution in [2.24, 2.45) is 0 Å². The molecule has 270 valence electrons. The summed E-state index contributed by atoms with van der Waals surface area (Å²) in [5.41, 5.74) is 2.12. The van der Waals surface area contributed by atoms with Crippen molar-refractivity contribution >= 4 is 33.6 Å². The van der Waals surface area contributed by atoms with Crippen LogP contribution in [0.15, 0.2) is 18.2 Å². The smallest absolute Gasteiger partial charge is 0.351 e. The molecule has 2 aromatic rings. The summed E-state index contributed by atoms with van der Waals surface area (Å²) in [4.78, 5) is 31.2. The number of halogens is 3. The highest BCUT2D eigenvalue weighted by Crippen LogP contribution is 2.37. The second kappa shape index (κ2) is 15.7. The quantitative estimate of drug-likeness (QED) is 0.379. The van der Waals surface area contributed by atoms with Gasteiger partial charge in [-0.1, -0.05) is 6.07 Å². The van der Waals surface area contributed by atoms with Gasteiger partial charge in [0.2, 0.25) is 11.8 Å². The minimum Gasteiger partial charge on any atom is -0.351 e. The van der Waals surface area contributed by atoms with Gasteiger partial charge < -0.3 is 15.1 Å². The first-order chi connectivity index (χ1) is 23.5. The molecule has 1 N–H and O–H groups in total. The van der Waals surface area contributed by atoms with E-state index in [0.29, 0.717) is 74.4 Å². The fourth-order valence-electron chi connectivity index (χ4n) is 7.51. The van der Waals surface area contributed by atoms with E-state index in [0.717, 1.165) is 69.2 Å². The average Bonchev–Trinajstić information content (AvgIpc) is 3.67. The molecule has 1 aromatic carbocycles. The van der Waals surface area contributed by atoms with Crippen LogP contribution in [0.2, 0.25) is 0 Å². The molecule has 1 atom stereocenters. The van der Waals surface area contributed by atoms with Crippen molar-refractivity contribution in [1.29, 1.82) is 0 Å². The molecule has 3 fully saturated rings. The average molecular weight is 726 g/mol.